The maximum Gasteiger partial charge on any atom is 0.338 e. The second-order valence-electron chi connectivity index (χ2n) is 5.69. The van der Waals surface area contributed by atoms with Crippen LogP contribution in [0.1, 0.15) is 48.0 Å². The molecule has 1 aliphatic rings. The molecule has 0 bridgehead atoms. The van der Waals surface area contributed by atoms with Crippen LogP contribution in [0, 0.1) is 12.8 Å². The second kappa shape index (κ2) is 6.47. The van der Waals surface area contributed by atoms with Crippen LogP contribution >= 0.6 is 0 Å². The molecule has 2 rings (SSSR count). The number of rotatable bonds is 5. The molecule has 1 aromatic rings. The van der Waals surface area contributed by atoms with Gasteiger partial charge in [0.1, 0.15) is 0 Å². The number of sulfonamides is 1. The van der Waals surface area contributed by atoms with Gasteiger partial charge in [-0.2, -0.15) is 0 Å². The van der Waals surface area contributed by atoms with Crippen molar-refractivity contribution < 1.29 is 18.3 Å². The highest BCUT2D eigenvalue weighted by Gasteiger charge is 2.23. The molecule has 0 aliphatic heterocycles. The number of hydrogen-bond acceptors (Lipinski definition) is 3. The van der Waals surface area contributed by atoms with Gasteiger partial charge in [-0.3, -0.25) is 4.72 Å². The fraction of sp³-hybridized carbons (Fsp3) is 0.533. The Morgan fingerprint density at radius 3 is 2.57 bits per heavy atom. The Labute approximate surface area is 125 Å². The topological polar surface area (TPSA) is 83.5 Å². The fourth-order valence-corrected chi connectivity index (χ4v) is 4.45. The minimum absolute atomic E-state index is 0.0183. The minimum Gasteiger partial charge on any atom is -0.478 e. The van der Waals surface area contributed by atoms with Gasteiger partial charge in [-0.15, -0.1) is 0 Å². The Hall–Kier alpha value is -1.56. The Balaban J connectivity index is 2.16. The van der Waals surface area contributed by atoms with E-state index in [1.165, 1.54) is 12.5 Å². The Morgan fingerprint density at radius 1 is 1.29 bits per heavy atom. The summed E-state index contributed by atoms with van der Waals surface area (Å²) in [6, 6.07) is 4.80. The van der Waals surface area contributed by atoms with Crippen LogP contribution in [-0.4, -0.2) is 25.2 Å². The molecular weight excluding hydrogens is 290 g/mol. The van der Waals surface area contributed by atoms with Crippen LogP contribution in [0.5, 0.6) is 0 Å². The predicted molar refractivity (Wildman–Crippen MR) is 82.1 cm³/mol. The molecule has 6 heteroatoms. The van der Waals surface area contributed by atoms with Gasteiger partial charge in [0.15, 0.2) is 0 Å². The third-order valence-corrected chi connectivity index (χ3v) is 5.37. The van der Waals surface area contributed by atoms with Gasteiger partial charge in [-0.1, -0.05) is 31.4 Å². The van der Waals surface area contributed by atoms with E-state index in [2.05, 4.69) is 4.72 Å². The van der Waals surface area contributed by atoms with Crippen LogP contribution in [-0.2, 0) is 10.0 Å². The number of carboxylic acids is 1. The zero-order valence-electron chi connectivity index (χ0n) is 12.1. The number of aromatic carboxylic acids is 1. The molecule has 0 aromatic heterocycles. The first-order chi connectivity index (χ1) is 9.89. The van der Waals surface area contributed by atoms with E-state index in [9.17, 15) is 18.3 Å². The van der Waals surface area contributed by atoms with Crippen molar-refractivity contribution >= 4 is 21.7 Å². The summed E-state index contributed by atoms with van der Waals surface area (Å²) < 4.78 is 26.9. The Kier molecular flexibility index (Phi) is 4.88. The van der Waals surface area contributed by atoms with Crippen LogP contribution in [0.3, 0.4) is 0 Å². The first-order valence-electron chi connectivity index (χ1n) is 7.22. The van der Waals surface area contributed by atoms with Crippen LogP contribution in [0.4, 0.5) is 5.69 Å². The summed E-state index contributed by atoms with van der Waals surface area (Å²) in [5.41, 5.74) is 0.711. The molecule has 116 valence electrons. The van der Waals surface area contributed by atoms with E-state index in [0.717, 1.165) is 25.7 Å². The van der Waals surface area contributed by atoms with Gasteiger partial charge < -0.3 is 5.11 Å². The first-order valence-corrected chi connectivity index (χ1v) is 8.87. The van der Waals surface area contributed by atoms with E-state index in [4.69, 9.17) is 0 Å². The number of aryl methyl sites for hydroxylation is 1. The van der Waals surface area contributed by atoms with Crippen molar-refractivity contribution in [1.82, 2.24) is 0 Å². The number of hydrogen-bond donors (Lipinski definition) is 2. The maximum absolute atomic E-state index is 12.3. The van der Waals surface area contributed by atoms with Crippen molar-refractivity contribution in [2.45, 2.75) is 39.0 Å². The van der Waals surface area contributed by atoms with E-state index >= 15 is 0 Å². The highest BCUT2D eigenvalue weighted by Crippen LogP contribution is 2.26. The third-order valence-electron chi connectivity index (χ3n) is 3.93. The number of carboxylic acid groups (broad SMARTS) is 1. The highest BCUT2D eigenvalue weighted by atomic mass is 32.2. The average Bonchev–Trinajstić information content (AvgIpc) is 2.38. The highest BCUT2D eigenvalue weighted by molar-refractivity contribution is 7.92. The van der Waals surface area contributed by atoms with Gasteiger partial charge in [-0.25, -0.2) is 13.2 Å². The van der Waals surface area contributed by atoms with Gasteiger partial charge in [0.25, 0.3) is 0 Å². The molecule has 1 aliphatic carbocycles. The molecule has 0 saturated heterocycles. The molecule has 1 aromatic carbocycles. The molecule has 0 heterocycles. The van der Waals surface area contributed by atoms with E-state index in [1.54, 1.807) is 19.1 Å². The van der Waals surface area contributed by atoms with Gasteiger partial charge >= 0.3 is 5.97 Å². The van der Waals surface area contributed by atoms with Gasteiger partial charge in [0.05, 0.1) is 17.0 Å². The van der Waals surface area contributed by atoms with Crippen molar-refractivity contribution in [3.63, 3.8) is 0 Å². The third kappa shape index (κ3) is 4.20. The molecule has 1 fully saturated rings. The van der Waals surface area contributed by atoms with E-state index in [0.29, 0.717) is 5.56 Å². The molecule has 0 spiro atoms. The molecule has 0 unspecified atom stereocenters. The molecule has 2 N–H and O–H groups in total. The number of nitrogens with one attached hydrogen (secondary N) is 1. The van der Waals surface area contributed by atoms with Crippen molar-refractivity contribution in [2.75, 3.05) is 10.5 Å². The van der Waals surface area contributed by atoms with Crippen LogP contribution in [0.25, 0.3) is 0 Å². The quantitative estimate of drug-likeness (QED) is 0.875. The second-order valence-corrected chi connectivity index (χ2v) is 7.46. The van der Waals surface area contributed by atoms with Crippen molar-refractivity contribution in [3.05, 3.63) is 29.3 Å². The standard InChI is InChI=1S/C15H21NO4S/c1-11-6-5-9-13(14(11)15(17)18)16-21(19,20)10-12-7-3-2-4-8-12/h5-6,9,12,16H,2-4,7-8,10H2,1H3,(H,17,18). The molecule has 0 amide bonds. The monoisotopic (exact) mass is 311 g/mol. The zero-order chi connectivity index (χ0) is 15.5. The lowest BCUT2D eigenvalue weighted by molar-refractivity contribution is 0.0697. The minimum atomic E-state index is -3.52. The number of benzene rings is 1. The van der Waals surface area contributed by atoms with Crippen molar-refractivity contribution in [2.24, 2.45) is 5.92 Å². The lowest BCUT2D eigenvalue weighted by atomic mass is 9.91. The van der Waals surface area contributed by atoms with Gasteiger partial charge in [-0.05, 0) is 37.3 Å². The molecule has 5 nitrogen and oxygen atoms in total. The SMILES string of the molecule is Cc1cccc(NS(=O)(=O)CC2CCCCC2)c1C(=O)O. The summed E-state index contributed by atoms with van der Waals surface area (Å²) in [7, 11) is -3.52. The molecule has 1 saturated carbocycles. The van der Waals surface area contributed by atoms with Gasteiger partial charge in [0.2, 0.25) is 10.0 Å². The maximum atomic E-state index is 12.3. The van der Waals surface area contributed by atoms with Crippen molar-refractivity contribution in [3.8, 4) is 0 Å². The largest absolute Gasteiger partial charge is 0.478 e. The summed E-state index contributed by atoms with van der Waals surface area (Å²) in [4.78, 5) is 11.3. The normalized spacial score (nSPS) is 16.6. The summed E-state index contributed by atoms with van der Waals surface area (Å²) in [5.74, 6) is -0.877. The van der Waals surface area contributed by atoms with E-state index < -0.39 is 16.0 Å². The molecule has 0 radical (unpaired) electrons. The van der Waals surface area contributed by atoms with Crippen molar-refractivity contribution in [1.29, 1.82) is 0 Å². The van der Waals surface area contributed by atoms with Crippen LogP contribution < -0.4 is 4.72 Å². The summed E-state index contributed by atoms with van der Waals surface area (Å²) >= 11 is 0. The summed E-state index contributed by atoms with van der Waals surface area (Å²) in [5, 5.41) is 9.23. The average molecular weight is 311 g/mol. The lowest BCUT2D eigenvalue weighted by Crippen LogP contribution is -2.25. The van der Waals surface area contributed by atoms with E-state index in [-0.39, 0.29) is 22.9 Å². The number of carbonyl (C=O) groups is 1. The Bertz CT molecular complexity index is 619. The van der Waals surface area contributed by atoms with Crippen LogP contribution in [0.2, 0.25) is 0 Å². The Morgan fingerprint density at radius 2 is 1.95 bits per heavy atom. The zero-order valence-corrected chi connectivity index (χ0v) is 12.9. The smallest absolute Gasteiger partial charge is 0.338 e. The molecule has 0 atom stereocenters. The fourth-order valence-electron chi connectivity index (χ4n) is 2.91. The van der Waals surface area contributed by atoms with E-state index in [1.807, 2.05) is 0 Å². The predicted octanol–water partition coefficient (Wildman–Crippen LogP) is 3.02. The van der Waals surface area contributed by atoms with Gasteiger partial charge in [0, 0.05) is 0 Å². The lowest BCUT2D eigenvalue weighted by Gasteiger charge is -2.22. The summed E-state index contributed by atoms with van der Waals surface area (Å²) in [6.45, 7) is 1.66. The molecular formula is C15H21NO4S. The first kappa shape index (κ1) is 15.8. The molecule has 21 heavy (non-hydrogen) atoms. The number of anilines is 1. The van der Waals surface area contributed by atoms with Crippen LogP contribution in [0.15, 0.2) is 18.2 Å². The summed E-state index contributed by atoms with van der Waals surface area (Å²) in [6.07, 6.45) is 5.18.